The zero-order valence-corrected chi connectivity index (χ0v) is 10.7. The highest BCUT2D eigenvalue weighted by Gasteiger charge is 2.25. The van der Waals surface area contributed by atoms with Gasteiger partial charge >= 0.3 is 5.97 Å². The number of rotatable bonds is 5. The quantitative estimate of drug-likeness (QED) is 0.805. The number of benzene rings is 1. The molecule has 0 spiro atoms. The maximum atomic E-state index is 11.5. The van der Waals surface area contributed by atoms with Crippen LogP contribution in [0, 0.1) is 0 Å². The number of aromatic nitrogens is 4. The average molecular weight is 262 g/mol. The number of hydrogen-bond donors (Lipinski definition) is 1. The minimum Gasteiger partial charge on any atom is -0.496 e. The Hall–Kier alpha value is -2.44. The van der Waals surface area contributed by atoms with Gasteiger partial charge in [0.1, 0.15) is 5.75 Å². The van der Waals surface area contributed by atoms with Gasteiger partial charge in [-0.1, -0.05) is 23.4 Å². The number of hydrogen-bond acceptors (Lipinski definition) is 6. The number of nitrogens with one attached hydrogen (secondary N) is 1. The summed E-state index contributed by atoms with van der Waals surface area (Å²) >= 11 is 0. The third kappa shape index (κ3) is 2.87. The molecule has 0 amide bonds. The van der Waals surface area contributed by atoms with E-state index in [2.05, 4.69) is 20.6 Å². The number of esters is 1. The summed E-state index contributed by atoms with van der Waals surface area (Å²) in [7, 11) is 2.92. The summed E-state index contributed by atoms with van der Waals surface area (Å²) in [5, 5.41) is 13.8. The third-order valence-corrected chi connectivity index (χ3v) is 2.79. The fourth-order valence-corrected chi connectivity index (χ4v) is 1.86. The van der Waals surface area contributed by atoms with Crippen LogP contribution in [0.15, 0.2) is 24.3 Å². The fourth-order valence-electron chi connectivity index (χ4n) is 1.86. The normalized spacial score (nSPS) is 11.9. The zero-order valence-electron chi connectivity index (χ0n) is 10.7. The molecule has 1 unspecified atom stereocenters. The van der Waals surface area contributed by atoms with E-state index < -0.39 is 0 Å². The van der Waals surface area contributed by atoms with Crippen molar-refractivity contribution in [2.45, 2.75) is 12.3 Å². The minimum absolute atomic E-state index is 0.121. The van der Waals surface area contributed by atoms with E-state index in [-0.39, 0.29) is 18.3 Å². The molecule has 0 radical (unpaired) electrons. The molecule has 1 N–H and O–H groups in total. The molecule has 1 heterocycles. The second-order valence-corrected chi connectivity index (χ2v) is 3.84. The number of H-pyrrole nitrogens is 1. The number of nitrogens with zero attached hydrogens (tertiary/aromatic N) is 3. The van der Waals surface area contributed by atoms with Gasteiger partial charge in [0.05, 0.1) is 26.6 Å². The monoisotopic (exact) mass is 262 g/mol. The number of ether oxygens (including phenoxy) is 2. The molecule has 7 nitrogen and oxygen atoms in total. The summed E-state index contributed by atoms with van der Waals surface area (Å²) in [6, 6.07) is 7.40. The van der Waals surface area contributed by atoms with E-state index in [1.54, 1.807) is 7.11 Å². The Morgan fingerprint density at radius 1 is 1.37 bits per heavy atom. The number of tetrazole rings is 1. The summed E-state index contributed by atoms with van der Waals surface area (Å²) < 4.78 is 10.0. The van der Waals surface area contributed by atoms with E-state index >= 15 is 0 Å². The smallest absolute Gasteiger partial charge is 0.306 e. The van der Waals surface area contributed by atoms with Gasteiger partial charge in [-0.15, -0.1) is 10.2 Å². The lowest BCUT2D eigenvalue weighted by Crippen LogP contribution is -2.12. The molecule has 1 atom stereocenters. The van der Waals surface area contributed by atoms with Crippen molar-refractivity contribution in [3.05, 3.63) is 35.7 Å². The molecule has 0 fully saturated rings. The van der Waals surface area contributed by atoms with E-state index in [1.165, 1.54) is 7.11 Å². The molecule has 2 rings (SSSR count). The van der Waals surface area contributed by atoms with E-state index in [4.69, 9.17) is 9.47 Å². The van der Waals surface area contributed by atoms with E-state index in [0.29, 0.717) is 11.6 Å². The minimum atomic E-state index is -0.359. The highest BCUT2D eigenvalue weighted by atomic mass is 16.5. The SMILES string of the molecule is COC(=O)CC(c1nn[nH]n1)c1ccccc1OC. The second-order valence-electron chi connectivity index (χ2n) is 3.84. The van der Waals surface area contributed by atoms with Gasteiger partial charge in [-0.05, 0) is 6.07 Å². The summed E-state index contributed by atoms with van der Waals surface area (Å²) in [5.74, 6) is 0.388. The lowest BCUT2D eigenvalue weighted by Gasteiger charge is -2.15. The summed E-state index contributed by atoms with van der Waals surface area (Å²) in [6.45, 7) is 0. The third-order valence-electron chi connectivity index (χ3n) is 2.79. The predicted octanol–water partition coefficient (Wildman–Crippen LogP) is 0.903. The zero-order chi connectivity index (χ0) is 13.7. The van der Waals surface area contributed by atoms with Crippen LogP contribution in [0.2, 0.25) is 0 Å². The van der Waals surface area contributed by atoms with Crippen LogP contribution in [0.1, 0.15) is 23.7 Å². The topological polar surface area (TPSA) is 90.0 Å². The molecule has 0 saturated heterocycles. The van der Waals surface area contributed by atoms with Crippen molar-refractivity contribution in [1.29, 1.82) is 0 Å². The highest BCUT2D eigenvalue weighted by molar-refractivity contribution is 5.71. The van der Waals surface area contributed by atoms with Gasteiger partial charge in [0.25, 0.3) is 0 Å². The number of aromatic amines is 1. The predicted molar refractivity (Wildman–Crippen MR) is 65.6 cm³/mol. The lowest BCUT2D eigenvalue weighted by molar-refractivity contribution is -0.140. The van der Waals surface area contributed by atoms with Crippen LogP contribution in [0.5, 0.6) is 5.75 Å². The van der Waals surface area contributed by atoms with Crippen LogP contribution in [0.3, 0.4) is 0 Å². The average Bonchev–Trinajstić information content (AvgIpc) is 2.98. The van der Waals surface area contributed by atoms with Gasteiger partial charge in [0.2, 0.25) is 0 Å². The van der Waals surface area contributed by atoms with Crippen molar-refractivity contribution >= 4 is 5.97 Å². The first-order valence-electron chi connectivity index (χ1n) is 5.69. The lowest BCUT2D eigenvalue weighted by atomic mass is 9.94. The van der Waals surface area contributed by atoms with Crippen LogP contribution in [-0.2, 0) is 9.53 Å². The second kappa shape index (κ2) is 5.94. The first-order chi connectivity index (χ1) is 9.26. The molecule has 0 bridgehead atoms. The van der Waals surface area contributed by atoms with Gasteiger partial charge in [0.15, 0.2) is 5.82 Å². The number of methoxy groups -OCH3 is 2. The maximum Gasteiger partial charge on any atom is 0.306 e. The van der Waals surface area contributed by atoms with E-state index in [1.807, 2.05) is 24.3 Å². The van der Waals surface area contributed by atoms with Crippen LogP contribution in [0.25, 0.3) is 0 Å². The van der Waals surface area contributed by atoms with Crippen molar-refractivity contribution in [3.8, 4) is 5.75 Å². The Morgan fingerprint density at radius 2 is 2.16 bits per heavy atom. The van der Waals surface area contributed by atoms with Crippen LogP contribution in [-0.4, -0.2) is 40.8 Å². The summed E-state index contributed by atoms with van der Waals surface area (Å²) in [5.41, 5.74) is 0.816. The largest absolute Gasteiger partial charge is 0.496 e. The van der Waals surface area contributed by atoms with Crippen LogP contribution >= 0.6 is 0 Å². The first kappa shape index (κ1) is 13.0. The molecule has 0 saturated carbocycles. The van der Waals surface area contributed by atoms with Gasteiger partial charge in [0, 0.05) is 5.56 Å². The molecule has 0 aliphatic heterocycles. The van der Waals surface area contributed by atoms with Crippen molar-refractivity contribution in [1.82, 2.24) is 20.6 Å². The fraction of sp³-hybridized carbons (Fsp3) is 0.333. The number of para-hydroxylation sites is 1. The molecule has 0 aliphatic carbocycles. The molecule has 1 aromatic heterocycles. The van der Waals surface area contributed by atoms with E-state index in [0.717, 1.165) is 5.56 Å². The summed E-state index contributed by atoms with van der Waals surface area (Å²) in [4.78, 5) is 11.5. The van der Waals surface area contributed by atoms with Crippen molar-refractivity contribution in [2.24, 2.45) is 0 Å². The number of carbonyl (C=O) groups is 1. The van der Waals surface area contributed by atoms with Crippen LogP contribution in [0.4, 0.5) is 0 Å². The molecular weight excluding hydrogens is 248 g/mol. The molecule has 7 heteroatoms. The standard InChI is InChI=1S/C12H14N4O3/c1-18-10-6-4-3-5-8(10)9(7-11(17)19-2)12-13-15-16-14-12/h3-6,9H,7H2,1-2H3,(H,13,14,15,16). The molecule has 19 heavy (non-hydrogen) atoms. The Kier molecular flexibility index (Phi) is 4.07. The van der Waals surface area contributed by atoms with Crippen molar-refractivity contribution < 1.29 is 14.3 Å². The van der Waals surface area contributed by atoms with Gasteiger partial charge < -0.3 is 9.47 Å². The highest BCUT2D eigenvalue weighted by Crippen LogP contribution is 2.32. The van der Waals surface area contributed by atoms with Gasteiger partial charge in [-0.3, -0.25) is 4.79 Å². The summed E-state index contributed by atoms with van der Waals surface area (Å²) in [6.07, 6.45) is 0.121. The number of carbonyl (C=O) groups excluding carboxylic acids is 1. The first-order valence-corrected chi connectivity index (χ1v) is 5.69. The molecule has 1 aromatic carbocycles. The molecule has 2 aromatic rings. The Bertz CT molecular complexity index is 542. The van der Waals surface area contributed by atoms with Crippen molar-refractivity contribution in [2.75, 3.05) is 14.2 Å². The Morgan fingerprint density at radius 3 is 2.79 bits per heavy atom. The molecule has 0 aliphatic rings. The van der Waals surface area contributed by atoms with Gasteiger partial charge in [-0.2, -0.15) is 5.21 Å². The van der Waals surface area contributed by atoms with Crippen molar-refractivity contribution in [3.63, 3.8) is 0 Å². The Balaban J connectivity index is 2.39. The Labute approximate surface area is 109 Å². The van der Waals surface area contributed by atoms with Crippen LogP contribution < -0.4 is 4.74 Å². The molecular formula is C12H14N4O3. The maximum absolute atomic E-state index is 11.5. The van der Waals surface area contributed by atoms with E-state index in [9.17, 15) is 4.79 Å². The molecule has 100 valence electrons. The van der Waals surface area contributed by atoms with Gasteiger partial charge in [-0.25, -0.2) is 0 Å².